The fraction of sp³-hybridized carbons (Fsp3) is 0.538. The van der Waals surface area contributed by atoms with E-state index in [1.165, 1.54) is 43.0 Å². The van der Waals surface area contributed by atoms with Crippen molar-refractivity contribution in [1.82, 2.24) is 5.32 Å². The summed E-state index contributed by atoms with van der Waals surface area (Å²) >= 11 is 7.79. The lowest BCUT2D eigenvalue weighted by Crippen LogP contribution is -2.27. The fourth-order valence-electron chi connectivity index (χ4n) is 2.04. The van der Waals surface area contributed by atoms with Gasteiger partial charge in [0.2, 0.25) is 0 Å². The zero-order valence-corrected chi connectivity index (χ0v) is 11.0. The Bertz CT molecular complexity index is 306. The van der Waals surface area contributed by atoms with Gasteiger partial charge in [-0.05, 0) is 68.3 Å². The number of nitrogens with one attached hydrogen (secondary N) is 1. The van der Waals surface area contributed by atoms with Crippen LogP contribution in [0.4, 0.5) is 0 Å². The Morgan fingerprint density at radius 2 is 1.88 bits per heavy atom. The summed E-state index contributed by atoms with van der Waals surface area (Å²) in [6.07, 6.45) is 4.04. The zero-order chi connectivity index (χ0) is 11.2. The van der Waals surface area contributed by atoms with Gasteiger partial charge in [0.25, 0.3) is 0 Å². The Balaban J connectivity index is 1.69. The number of rotatable bonds is 4. The maximum atomic E-state index is 5.85. The third-order valence-electron chi connectivity index (χ3n) is 3.07. The summed E-state index contributed by atoms with van der Waals surface area (Å²) in [6.45, 7) is 2.41. The van der Waals surface area contributed by atoms with Crippen LogP contribution in [0.1, 0.15) is 19.3 Å². The second-order valence-corrected chi connectivity index (χ2v) is 5.89. The average Bonchev–Trinajstić information content (AvgIpc) is 2.33. The Hall–Kier alpha value is -0.180. The summed E-state index contributed by atoms with van der Waals surface area (Å²) < 4.78 is 0. The number of hydrogen-bond acceptors (Lipinski definition) is 2. The monoisotopic (exact) mass is 255 g/mol. The van der Waals surface area contributed by atoms with Crippen LogP contribution in [0.15, 0.2) is 29.2 Å². The van der Waals surface area contributed by atoms with Crippen molar-refractivity contribution in [2.24, 2.45) is 5.92 Å². The van der Waals surface area contributed by atoms with Crippen molar-refractivity contribution < 1.29 is 0 Å². The number of hydrogen-bond donors (Lipinski definition) is 1. The molecule has 0 spiro atoms. The molecule has 0 unspecified atom stereocenters. The minimum absolute atomic E-state index is 0.822. The molecule has 0 amide bonds. The molecule has 1 nitrogen and oxygen atoms in total. The number of thioether (sulfide) groups is 1. The van der Waals surface area contributed by atoms with Crippen LogP contribution in [0.3, 0.4) is 0 Å². The summed E-state index contributed by atoms with van der Waals surface area (Å²) in [7, 11) is 0. The van der Waals surface area contributed by atoms with E-state index < -0.39 is 0 Å². The van der Waals surface area contributed by atoms with Gasteiger partial charge in [0.15, 0.2) is 0 Å². The van der Waals surface area contributed by atoms with Gasteiger partial charge < -0.3 is 5.32 Å². The van der Waals surface area contributed by atoms with Gasteiger partial charge in [-0.15, -0.1) is 11.8 Å². The van der Waals surface area contributed by atoms with Crippen LogP contribution in [0.5, 0.6) is 0 Å². The molecular formula is C13H18ClNS. The second-order valence-electron chi connectivity index (χ2n) is 4.28. The maximum Gasteiger partial charge on any atom is 0.0406 e. The van der Waals surface area contributed by atoms with E-state index in [1.54, 1.807) is 0 Å². The Kier molecular flexibility index (Phi) is 5.01. The van der Waals surface area contributed by atoms with Crippen molar-refractivity contribution in [2.45, 2.75) is 24.2 Å². The minimum atomic E-state index is 0.822. The molecule has 16 heavy (non-hydrogen) atoms. The lowest BCUT2D eigenvalue weighted by Gasteiger charge is -2.22. The third kappa shape index (κ3) is 4.00. The second kappa shape index (κ2) is 6.53. The van der Waals surface area contributed by atoms with Gasteiger partial charge in [-0.1, -0.05) is 11.6 Å². The molecule has 0 aliphatic carbocycles. The third-order valence-corrected chi connectivity index (χ3v) is 4.36. The molecule has 3 heteroatoms. The molecule has 1 aliphatic heterocycles. The number of benzene rings is 1. The summed E-state index contributed by atoms with van der Waals surface area (Å²) in [5.74, 6) is 2.16. The molecule has 1 saturated heterocycles. The molecule has 0 atom stereocenters. The van der Waals surface area contributed by atoms with Gasteiger partial charge >= 0.3 is 0 Å². The molecule has 0 bridgehead atoms. The van der Waals surface area contributed by atoms with E-state index in [-0.39, 0.29) is 0 Å². The Labute approximate surface area is 107 Å². The first-order valence-corrected chi connectivity index (χ1v) is 7.30. The van der Waals surface area contributed by atoms with E-state index in [2.05, 4.69) is 17.4 Å². The van der Waals surface area contributed by atoms with E-state index in [0.717, 1.165) is 10.9 Å². The molecule has 0 saturated carbocycles. The predicted molar refractivity (Wildman–Crippen MR) is 72.4 cm³/mol. The SMILES string of the molecule is Clc1ccc(SCCC2CCNCC2)cc1. The lowest BCUT2D eigenvalue weighted by molar-refractivity contribution is 0.367. The van der Waals surface area contributed by atoms with Crippen molar-refractivity contribution in [2.75, 3.05) is 18.8 Å². The van der Waals surface area contributed by atoms with Crippen molar-refractivity contribution in [1.29, 1.82) is 0 Å². The van der Waals surface area contributed by atoms with E-state index in [9.17, 15) is 0 Å². The van der Waals surface area contributed by atoms with Crippen LogP contribution in [0, 0.1) is 5.92 Å². The standard InChI is InChI=1S/C13H18ClNS/c14-12-1-3-13(4-2-12)16-10-7-11-5-8-15-9-6-11/h1-4,11,15H,5-10H2. The molecule has 1 aliphatic rings. The van der Waals surface area contributed by atoms with Gasteiger partial charge in [-0.3, -0.25) is 0 Å². The van der Waals surface area contributed by atoms with Gasteiger partial charge in [0.05, 0.1) is 0 Å². The lowest BCUT2D eigenvalue weighted by atomic mass is 9.96. The fourth-order valence-corrected chi connectivity index (χ4v) is 3.19. The van der Waals surface area contributed by atoms with E-state index in [0.29, 0.717) is 0 Å². The van der Waals surface area contributed by atoms with Crippen LogP contribution in [0.2, 0.25) is 5.02 Å². The first-order chi connectivity index (χ1) is 7.84. The van der Waals surface area contributed by atoms with Crippen molar-refractivity contribution >= 4 is 23.4 Å². The van der Waals surface area contributed by atoms with E-state index in [1.807, 2.05) is 23.9 Å². The first kappa shape index (κ1) is 12.3. The zero-order valence-electron chi connectivity index (χ0n) is 9.42. The van der Waals surface area contributed by atoms with E-state index >= 15 is 0 Å². The largest absolute Gasteiger partial charge is 0.317 e. The van der Waals surface area contributed by atoms with Crippen LogP contribution < -0.4 is 5.32 Å². The molecule has 0 aromatic heterocycles. The van der Waals surface area contributed by atoms with Crippen molar-refractivity contribution in [3.05, 3.63) is 29.3 Å². The highest BCUT2D eigenvalue weighted by Crippen LogP contribution is 2.24. The highest BCUT2D eigenvalue weighted by molar-refractivity contribution is 7.99. The number of halogens is 1. The Morgan fingerprint density at radius 3 is 2.56 bits per heavy atom. The normalized spacial score (nSPS) is 17.6. The summed E-state index contributed by atoms with van der Waals surface area (Å²) in [6, 6.07) is 8.15. The quantitative estimate of drug-likeness (QED) is 0.821. The highest BCUT2D eigenvalue weighted by atomic mass is 35.5. The van der Waals surface area contributed by atoms with Crippen LogP contribution in [-0.4, -0.2) is 18.8 Å². The molecule has 1 aromatic carbocycles. The predicted octanol–water partition coefficient (Wildman–Crippen LogP) is 3.82. The van der Waals surface area contributed by atoms with Crippen molar-refractivity contribution in [3.8, 4) is 0 Å². The van der Waals surface area contributed by atoms with Gasteiger partial charge in [-0.2, -0.15) is 0 Å². The molecule has 0 radical (unpaired) electrons. The summed E-state index contributed by atoms with van der Waals surface area (Å²) in [4.78, 5) is 1.33. The first-order valence-electron chi connectivity index (χ1n) is 5.94. The average molecular weight is 256 g/mol. The van der Waals surface area contributed by atoms with Crippen LogP contribution in [-0.2, 0) is 0 Å². The molecular weight excluding hydrogens is 238 g/mol. The van der Waals surface area contributed by atoms with Gasteiger partial charge in [0, 0.05) is 9.92 Å². The Morgan fingerprint density at radius 1 is 1.19 bits per heavy atom. The molecule has 2 rings (SSSR count). The van der Waals surface area contributed by atoms with Crippen LogP contribution >= 0.6 is 23.4 Å². The smallest absolute Gasteiger partial charge is 0.0406 e. The van der Waals surface area contributed by atoms with Gasteiger partial charge in [-0.25, -0.2) is 0 Å². The molecule has 88 valence electrons. The molecule has 1 aromatic rings. The molecule has 1 heterocycles. The molecule has 1 fully saturated rings. The van der Waals surface area contributed by atoms with Gasteiger partial charge in [0.1, 0.15) is 0 Å². The van der Waals surface area contributed by atoms with Crippen LogP contribution in [0.25, 0.3) is 0 Å². The van der Waals surface area contributed by atoms with Crippen molar-refractivity contribution in [3.63, 3.8) is 0 Å². The minimum Gasteiger partial charge on any atom is -0.317 e. The summed E-state index contributed by atoms with van der Waals surface area (Å²) in [5.41, 5.74) is 0. The summed E-state index contributed by atoms with van der Waals surface area (Å²) in [5, 5.41) is 4.23. The maximum absolute atomic E-state index is 5.85. The highest BCUT2D eigenvalue weighted by Gasteiger charge is 2.12. The number of piperidine rings is 1. The topological polar surface area (TPSA) is 12.0 Å². The van der Waals surface area contributed by atoms with E-state index in [4.69, 9.17) is 11.6 Å². The molecule has 1 N–H and O–H groups in total.